The van der Waals surface area contributed by atoms with Gasteiger partial charge < -0.3 is 10.6 Å². The van der Waals surface area contributed by atoms with Crippen LogP contribution >= 0.6 is 15.9 Å². The summed E-state index contributed by atoms with van der Waals surface area (Å²) in [6.45, 7) is 2.49. The van der Waals surface area contributed by atoms with Gasteiger partial charge >= 0.3 is 0 Å². The molecule has 0 radical (unpaired) electrons. The van der Waals surface area contributed by atoms with Crippen LogP contribution in [0.1, 0.15) is 18.4 Å². The number of benzene rings is 1. The minimum absolute atomic E-state index is 0.233. The van der Waals surface area contributed by atoms with Crippen LogP contribution in [-0.4, -0.2) is 30.4 Å². The zero-order chi connectivity index (χ0) is 13.0. The van der Waals surface area contributed by atoms with Crippen LogP contribution in [0.5, 0.6) is 0 Å². The number of hydrogen-bond donors (Lipinski definition) is 1. The molecule has 2 N–H and O–H groups in total. The molecule has 0 spiro atoms. The average molecular weight is 311 g/mol. The number of likely N-dealkylation sites (tertiary alicyclic amines) is 1. The second-order valence-electron chi connectivity index (χ2n) is 4.88. The third-order valence-electron chi connectivity index (χ3n) is 3.48. The summed E-state index contributed by atoms with van der Waals surface area (Å²) in [4.78, 5) is 14.1. The summed E-state index contributed by atoms with van der Waals surface area (Å²) in [7, 11) is 0. The van der Waals surface area contributed by atoms with E-state index in [-0.39, 0.29) is 5.91 Å². The minimum Gasteiger partial charge on any atom is -0.342 e. The molecular weight excluding hydrogens is 292 g/mol. The molecule has 1 aromatic carbocycles. The first-order valence-electron chi connectivity index (χ1n) is 6.41. The number of hydrogen-bond acceptors (Lipinski definition) is 2. The Kier molecular flexibility index (Phi) is 4.78. The fourth-order valence-corrected chi connectivity index (χ4v) is 2.68. The second kappa shape index (κ2) is 6.34. The van der Waals surface area contributed by atoms with Crippen LogP contribution in [0.15, 0.2) is 28.7 Å². The Balaban J connectivity index is 1.87. The van der Waals surface area contributed by atoms with Gasteiger partial charge in [-0.15, -0.1) is 0 Å². The van der Waals surface area contributed by atoms with Crippen LogP contribution in [0, 0.1) is 5.92 Å². The van der Waals surface area contributed by atoms with E-state index >= 15 is 0 Å². The summed E-state index contributed by atoms with van der Waals surface area (Å²) < 4.78 is 1.04. The second-order valence-corrected chi connectivity index (χ2v) is 5.79. The molecular formula is C14H19BrN2O. The summed E-state index contributed by atoms with van der Waals surface area (Å²) in [5.74, 6) is 0.834. The highest BCUT2D eigenvalue weighted by molar-refractivity contribution is 9.10. The monoisotopic (exact) mass is 310 g/mol. The quantitative estimate of drug-likeness (QED) is 0.926. The van der Waals surface area contributed by atoms with Crippen LogP contribution in [0.4, 0.5) is 0 Å². The van der Waals surface area contributed by atoms with E-state index in [4.69, 9.17) is 5.73 Å². The van der Waals surface area contributed by atoms with E-state index in [1.54, 1.807) is 0 Å². The van der Waals surface area contributed by atoms with Crippen molar-refractivity contribution in [1.29, 1.82) is 0 Å². The Bertz CT molecular complexity index is 405. The van der Waals surface area contributed by atoms with Gasteiger partial charge in [0.15, 0.2) is 0 Å². The summed E-state index contributed by atoms with van der Waals surface area (Å²) in [6.07, 6.45) is 2.63. The summed E-state index contributed by atoms with van der Waals surface area (Å²) in [5, 5.41) is 0. The minimum atomic E-state index is 0.233. The van der Waals surface area contributed by atoms with E-state index in [0.29, 0.717) is 12.3 Å². The third kappa shape index (κ3) is 3.56. The Morgan fingerprint density at radius 2 is 2.11 bits per heavy atom. The number of carbonyl (C=O) groups is 1. The predicted molar refractivity (Wildman–Crippen MR) is 76.2 cm³/mol. The maximum atomic E-state index is 12.1. The van der Waals surface area contributed by atoms with Gasteiger partial charge in [0.1, 0.15) is 0 Å². The van der Waals surface area contributed by atoms with E-state index < -0.39 is 0 Å². The van der Waals surface area contributed by atoms with Crippen molar-refractivity contribution in [3.05, 3.63) is 34.3 Å². The van der Waals surface area contributed by atoms with Gasteiger partial charge in [0.2, 0.25) is 5.91 Å². The van der Waals surface area contributed by atoms with Crippen LogP contribution < -0.4 is 5.73 Å². The molecule has 98 valence electrons. The molecule has 0 aromatic heterocycles. The smallest absolute Gasteiger partial charge is 0.226 e. The van der Waals surface area contributed by atoms with Gasteiger partial charge in [-0.1, -0.05) is 28.1 Å². The Morgan fingerprint density at radius 1 is 1.39 bits per heavy atom. The molecule has 1 saturated heterocycles. The van der Waals surface area contributed by atoms with Crippen molar-refractivity contribution in [1.82, 2.24) is 4.90 Å². The molecule has 1 aliphatic heterocycles. The lowest BCUT2D eigenvalue weighted by molar-refractivity contribution is -0.129. The van der Waals surface area contributed by atoms with Crippen molar-refractivity contribution < 1.29 is 4.79 Å². The zero-order valence-corrected chi connectivity index (χ0v) is 12.0. The van der Waals surface area contributed by atoms with Gasteiger partial charge in [-0.3, -0.25) is 4.79 Å². The molecule has 1 heterocycles. The highest BCUT2D eigenvalue weighted by atomic mass is 79.9. The SMILES string of the molecule is NCCC1CCN(C(=O)Cc2ccc(Br)cc2)C1. The number of halogens is 1. The number of amides is 1. The molecule has 4 heteroatoms. The van der Waals surface area contributed by atoms with E-state index in [1.807, 2.05) is 29.2 Å². The largest absolute Gasteiger partial charge is 0.342 e. The van der Waals surface area contributed by atoms with Crippen molar-refractivity contribution in [3.63, 3.8) is 0 Å². The maximum Gasteiger partial charge on any atom is 0.226 e. The van der Waals surface area contributed by atoms with Gasteiger partial charge in [0.05, 0.1) is 6.42 Å². The molecule has 1 amide bonds. The lowest BCUT2D eigenvalue weighted by atomic mass is 10.1. The first kappa shape index (κ1) is 13.6. The summed E-state index contributed by atoms with van der Waals surface area (Å²) in [6, 6.07) is 7.94. The molecule has 1 aromatic rings. The third-order valence-corrected chi connectivity index (χ3v) is 4.01. The topological polar surface area (TPSA) is 46.3 Å². The average Bonchev–Trinajstić information content (AvgIpc) is 2.81. The first-order valence-corrected chi connectivity index (χ1v) is 7.20. The molecule has 0 saturated carbocycles. The van der Waals surface area contributed by atoms with Gasteiger partial charge in [-0.05, 0) is 43.0 Å². The van der Waals surface area contributed by atoms with Gasteiger partial charge in [0, 0.05) is 17.6 Å². The van der Waals surface area contributed by atoms with Gasteiger partial charge in [0.25, 0.3) is 0 Å². The van der Waals surface area contributed by atoms with Crippen LogP contribution in [-0.2, 0) is 11.2 Å². The van der Waals surface area contributed by atoms with E-state index in [9.17, 15) is 4.79 Å². The highest BCUT2D eigenvalue weighted by Crippen LogP contribution is 2.20. The van der Waals surface area contributed by atoms with Gasteiger partial charge in [-0.25, -0.2) is 0 Å². The Labute approximate surface area is 116 Å². The van der Waals surface area contributed by atoms with Crippen LogP contribution in [0.2, 0.25) is 0 Å². The van der Waals surface area contributed by atoms with E-state index in [0.717, 1.165) is 42.5 Å². The predicted octanol–water partition coefficient (Wildman–Crippen LogP) is 2.19. The summed E-state index contributed by atoms with van der Waals surface area (Å²) in [5.41, 5.74) is 6.63. The number of nitrogens with zero attached hydrogens (tertiary/aromatic N) is 1. The number of rotatable bonds is 4. The highest BCUT2D eigenvalue weighted by Gasteiger charge is 2.25. The number of nitrogens with two attached hydrogens (primary N) is 1. The van der Waals surface area contributed by atoms with E-state index in [1.165, 1.54) is 0 Å². The lowest BCUT2D eigenvalue weighted by Gasteiger charge is -2.16. The Hall–Kier alpha value is -0.870. The number of carbonyl (C=O) groups excluding carboxylic acids is 1. The standard InChI is InChI=1S/C14H19BrN2O/c15-13-3-1-11(2-4-13)9-14(18)17-8-6-12(10-17)5-7-16/h1-4,12H,5-10,16H2. The molecule has 3 nitrogen and oxygen atoms in total. The van der Waals surface area contributed by atoms with Crippen LogP contribution in [0.3, 0.4) is 0 Å². The normalized spacial score (nSPS) is 19.2. The molecule has 1 aliphatic rings. The zero-order valence-electron chi connectivity index (χ0n) is 10.4. The summed E-state index contributed by atoms with van der Waals surface area (Å²) >= 11 is 3.40. The first-order chi connectivity index (χ1) is 8.69. The van der Waals surface area contributed by atoms with Crippen LogP contribution in [0.25, 0.3) is 0 Å². The molecule has 0 bridgehead atoms. The molecule has 0 aliphatic carbocycles. The Morgan fingerprint density at radius 3 is 2.78 bits per heavy atom. The van der Waals surface area contributed by atoms with Gasteiger partial charge in [-0.2, -0.15) is 0 Å². The fourth-order valence-electron chi connectivity index (χ4n) is 2.42. The van der Waals surface area contributed by atoms with Crippen molar-refractivity contribution in [2.24, 2.45) is 11.7 Å². The molecule has 1 atom stereocenters. The van der Waals surface area contributed by atoms with E-state index in [2.05, 4.69) is 15.9 Å². The fraction of sp³-hybridized carbons (Fsp3) is 0.500. The maximum absolute atomic E-state index is 12.1. The van der Waals surface area contributed by atoms with Crippen molar-refractivity contribution in [2.75, 3.05) is 19.6 Å². The molecule has 18 heavy (non-hydrogen) atoms. The lowest BCUT2D eigenvalue weighted by Crippen LogP contribution is -2.30. The van der Waals surface area contributed by atoms with Crippen molar-refractivity contribution in [2.45, 2.75) is 19.3 Å². The van der Waals surface area contributed by atoms with Crippen molar-refractivity contribution in [3.8, 4) is 0 Å². The molecule has 2 rings (SSSR count). The van der Waals surface area contributed by atoms with Crippen molar-refractivity contribution >= 4 is 21.8 Å². The molecule has 1 unspecified atom stereocenters. The molecule has 1 fully saturated rings.